The van der Waals surface area contributed by atoms with Gasteiger partial charge in [0.15, 0.2) is 0 Å². The molecule has 0 aliphatic heterocycles. The molecule has 106 valence electrons. The molecule has 0 unspecified atom stereocenters. The summed E-state index contributed by atoms with van der Waals surface area (Å²) < 4.78 is 5.62. The van der Waals surface area contributed by atoms with Crippen molar-refractivity contribution >= 4 is 5.82 Å². The van der Waals surface area contributed by atoms with E-state index in [0.29, 0.717) is 6.61 Å². The molecule has 0 amide bonds. The van der Waals surface area contributed by atoms with Crippen LogP contribution in [0, 0.1) is 0 Å². The van der Waals surface area contributed by atoms with E-state index in [1.807, 2.05) is 13.0 Å². The highest BCUT2D eigenvalue weighted by molar-refractivity contribution is 5.30. The fraction of sp³-hybridized carbons (Fsp3) is 0.375. The summed E-state index contributed by atoms with van der Waals surface area (Å²) >= 11 is 0. The SMILES string of the molecule is CCNc1cnc(COCCCc2ccccc2)cn1. The molecule has 1 aromatic carbocycles. The maximum Gasteiger partial charge on any atom is 0.144 e. The quantitative estimate of drug-likeness (QED) is 0.750. The van der Waals surface area contributed by atoms with Crippen LogP contribution in [0.2, 0.25) is 0 Å². The molecule has 1 N–H and O–H groups in total. The molecule has 0 aliphatic carbocycles. The van der Waals surface area contributed by atoms with Crippen LogP contribution in [0.25, 0.3) is 0 Å². The van der Waals surface area contributed by atoms with Crippen LogP contribution in [-0.4, -0.2) is 23.1 Å². The summed E-state index contributed by atoms with van der Waals surface area (Å²) in [5.74, 6) is 0.806. The van der Waals surface area contributed by atoms with E-state index >= 15 is 0 Å². The number of nitrogens with one attached hydrogen (secondary N) is 1. The van der Waals surface area contributed by atoms with Gasteiger partial charge in [0.25, 0.3) is 0 Å². The Morgan fingerprint density at radius 1 is 1.10 bits per heavy atom. The number of aromatic nitrogens is 2. The Hall–Kier alpha value is -1.94. The van der Waals surface area contributed by atoms with E-state index in [4.69, 9.17) is 4.74 Å². The van der Waals surface area contributed by atoms with Gasteiger partial charge in [-0.2, -0.15) is 0 Å². The van der Waals surface area contributed by atoms with Gasteiger partial charge in [-0.1, -0.05) is 30.3 Å². The standard InChI is InChI=1S/C16H21N3O/c1-2-17-16-12-18-15(11-19-16)13-20-10-6-9-14-7-4-3-5-8-14/h3-5,7-8,11-12H,2,6,9-10,13H2,1H3,(H,17,19). The van der Waals surface area contributed by atoms with E-state index in [2.05, 4.69) is 39.6 Å². The van der Waals surface area contributed by atoms with Gasteiger partial charge in [-0.25, -0.2) is 4.98 Å². The summed E-state index contributed by atoms with van der Waals surface area (Å²) in [6.45, 7) is 4.15. The predicted octanol–water partition coefficient (Wildman–Crippen LogP) is 3.06. The average Bonchev–Trinajstić information content (AvgIpc) is 2.50. The van der Waals surface area contributed by atoms with Crippen molar-refractivity contribution in [1.82, 2.24) is 9.97 Å². The number of aryl methyl sites for hydroxylation is 1. The summed E-state index contributed by atoms with van der Waals surface area (Å²) in [5.41, 5.74) is 2.22. The zero-order valence-corrected chi connectivity index (χ0v) is 11.9. The van der Waals surface area contributed by atoms with Gasteiger partial charge in [0.2, 0.25) is 0 Å². The number of anilines is 1. The number of rotatable bonds is 8. The predicted molar refractivity (Wildman–Crippen MR) is 80.6 cm³/mol. The highest BCUT2D eigenvalue weighted by Gasteiger charge is 1.98. The molecule has 0 spiro atoms. The van der Waals surface area contributed by atoms with Crippen LogP contribution < -0.4 is 5.32 Å². The van der Waals surface area contributed by atoms with Crippen molar-refractivity contribution in [2.45, 2.75) is 26.4 Å². The van der Waals surface area contributed by atoms with Crippen molar-refractivity contribution in [1.29, 1.82) is 0 Å². The monoisotopic (exact) mass is 271 g/mol. The van der Waals surface area contributed by atoms with Crippen molar-refractivity contribution in [2.24, 2.45) is 0 Å². The Morgan fingerprint density at radius 2 is 1.95 bits per heavy atom. The fourth-order valence-electron chi connectivity index (χ4n) is 1.90. The molecule has 4 heteroatoms. The molecule has 2 aromatic rings. The van der Waals surface area contributed by atoms with Crippen molar-refractivity contribution in [3.8, 4) is 0 Å². The van der Waals surface area contributed by atoms with Gasteiger partial charge in [0.1, 0.15) is 5.82 Å². The Morgan fingerprint density at radius 3 is 2.65 bits per heavy atom. The molecule has 1 heterocycles. The number of benzene rings is 1. The molecule has 0 atom stereocenters. The third-order valence-electron chi connectivity index (χ3n) is 2.91. The lowest BCUT2D eigenvalue weighted by Crippen LogP contribution is -2.03. The molecule has 0 saturated carbocycles. The molecule has 0 aliphatic rings. The third kappa shape index (κ3) is 4.97. The fourth-order valence-corrected chi connectivity index (χ4v) is 1.90. The average molecular weight is 271 g/mol. The molecular weight excluding hydrogens is 250 g/mol. The van der Waals surface area contributed by atoms with Crippen LogP contribution in [0.4, 0.5) is 5.82 Å². The number of ether oxygens (including phenoxy) is 1. The van der Waals surface area contributed by atoms with Gasteiger partial charge in [-0.3, -0.25) is 4.98 Å². The smallest absolute Gasteiger partial charge is 0.144 e. The second kappa shape index (κ2) is 8.27. The lowest BCUT2D eigenvalue weighted by molar-refractivity contribution is 0.116. The van der Waals surface area contributed by atoms with E-state index in [-0.39, 0.29) is 0 Å². The van der Waals surface area contributed by atoms with Crippen LogP contribution >= 0.6 is 0 Å². The topological polar surface area (TPSA) is 47.0 Å². The highest BCUT2D eigenvalue weighted by atomic mass is 16.5. The molecule has 0 fully saturated rings. The maximum atomic E-state index is 5.62. The van der Waals surface area contributed by atoms with E-state index in [1.54, 1.807) is 12.4 Å². The van der Waals surface area contributed by atoms with Gasteiger partial charge in [0.05, 0.1) is 24.7 Å². The first-order valence-electron chi connectivity index (χ1n) is 7.05. The van der Waals surface area contributed by atoms with Gasteiger partial charge in [0, 0.05) is 13.2 Å². The Labute approximate surface area is 120 Å². The highest BCUT2D eigenvalue weighted by Crippen LogP contribution is 2.04. The maximum absolute atomic E-state index is 5.62. The van der Waals surface area contributed by atoms with Crippen molar-refractivity contribution in [2.75, 3.05) is 18.5 Å². The lowest BCUT2D eigenvalue weighted by atomic mass is 10.1. The molecule has 4 nitrogen and oxygen atoms in total. The summed E-state index contributed by atoms with van der Waals surface area (Å²) in [4.78, 5) is 8.56. The first-order chi connectivity index (χ1) is 9.88. The third-order valence-corrected chi connectivity index (χ3v) is 2.91. The second-order valence-corrected chi connectivity index (χ2v) is 4.57. The number of hydrogen-bond acceptors (Lipinski definition) is 4. The zero-order valence-electron chi connectivity index (χ0n) is 11.9. The zero-order chi connectivity index (χ0) is 14.0. The van der Waals surface area contributed by atoms with E-state index in [9.17, 15) is 0 Å². The molecule has 20 heavy (non-hydrogen) atoms. The molecule has 2 rings (SSSR count). The molecule has 0 radical (unpaired) electrons. The van der Waals surface area contributed by atoms with Crippen molar-refractivity contribution < 1.29 is 4.74 Å². The first-order valence-corrected chi connectivity index (χ1v) is 7.05. The molecule has 0 bridgehead atoms. The number of nitrogens with zero attached hydrogens (tertiary/aromatic N) is 2. The van der Waals surface area contributed by atoms with Gasteiger partial charge in [-0.15, -0.1) is 0 Å². The lowest BCUT2D eigenvalue weighted by Gasteiger charge is -2.05. The summed E-state index contributed by atoms with van der Waals surface area (Å²) in [7, 11) is 0. The van der Waals surface area contributed by atoms with Crippen LogP contribution in [0.3, 0.4) is 0 Å². The Kier molecular flexibility index (Phi) is 5.99. The van der Waals surface area contributed by atoms with Gasteiger partial charge in [-0.05, 0) is 25.3 Å². The van der Waals surface area contributed by atoms with E-state index in [0.717, 1.165) is 37.5 Å². The molecular formula is C16H21N3O. The minimum atomic E-state index is 0.522. The minimum absolute atomic E-state index is 0.522. The van der Waals surface area contributed by atoms with Crippen LogP contribution in [0.15, 0.2) is 42.7 Å². The second-order valence-electron chi connectivity index (χ2n) is 4.57. The van der Waals surface area contributed by atoms with Crippen molar-refractivity contribution in [3.63, 3.8) is 0 Å². The minimum Gasteiger partial charge on any atom is -0.375 e. The molecule has 0 saturated heterocycles. The van der Waals surface area contributed by atoms with Crippen LogP contribution in [-0.2, 0) is 17.8 Å². The Balaban J connectivity index is 1.63. The number of hydrogen-bond donors (Lipinski definition) is 1. The van der Waals surface area contributed by atoms with E-state index < -0.39 is 0 Å². The Bertz CT molecular complexity index is 485. The van der Waals surface area contributed by atoms with Crippen LogP contribution in [0.1, 0.15) is 24.6 Å². The largest absolute Gasteiger partial charge is 0.375 e. The summed E-state index contributed by atoms with van der Waals surface area (Å²) in [6.07, 6.45) is 5.57. The van der Waals surface area contributed by atoms with Crippen LogP contribution in [0.5, 0.6) is 0 Å². The van der Waals surface area contributed by atoms with E-state index in [1.165, 1.54) is 5.56 Å². The first kappa shape index (κ1) is 14.5. The van der Waals surface area contributed by atoms with Gasteiger partial charge >= 0.3 is 0 Å². The summed E-state index contributed by atoms with van der Waals surface area (Å²) in [6, 6.07) is 10.5. The summed E-state index contributed by atoms with van der Waals surface area (Å²) in [5, 5.41) is 3.11. The van der Waals surface area contributed by atoms with Crippen molar-refractivity contribution in [3.05, 3.63) is 54.0 Å². The van der Waals surface area contributed by atoms with Gasteiger partial charge < -0.3 is 10.1 Å². The normalized spacial score (nSPS) is 10.4. The molecule has 1 aromatic heterocycles.